The van der Waals surface area contributed by atoms with Gasteiger partial charge in [-0.25, -0.2) is 0 Å². The zero-order valence-corrected chi connectivity index (χ0v) is 11.3. The van der Waals surface area contributed by atoms with Crippen LogP contribution in [0.3, 0.4) is 0 Å². The molecule has 18 heavy (non-hydrogen) atoms. The van der Waals surface area contributed by atoms with E-state index in [-0.39, 0.29) is 18.2 Å². The van der Waals surface area contributed by atoms with Crippen LogP contribution in [-0.2, 0) is 4.79 Å². The topological polar surface area (TPSA) is 60.8 Å². The maximum atomic E-state index is 12.0. The molecule has 0 spiro atoms. The Morgan fingerprint density at radius 2 is 1.78 bits per heavy atom. The van der Waals surface area contributed by atoms with E-state index in [1.54, 1.807) is 19.2 Å². The number of aliphatic hydroxyl groups excluding tert-OH is 1. The molecule has 0 heterocycles. The Kier molecular flexibility index (Phi) is 4.35. The zero-order valence-electron chi connectivity index (χ0n) is 11.3. The summed E-state index contributed by atoms with van der Waals surface area (Å²) in [7, 11) is 1.68. The summed E-state index contributed by atoms with van der Waals surface area (Å²) in [6.45, 7) is 5.77. The van der Waals surface area contributed by atoms with E-state index >= 15 is 0 Å². The van der Waals surface area contributed by atoms with Gasteiger partial charge in [0.15, 0.2) is 0 Å². The molecule has 0 aliphatic rings. The smallest absolute Gasteiger partial charge is 0.227 e. The summed E-state index contributed by atoms with van der Waals surface area (Å²) in [6, 6.07) is 6.33. The Morgan fingerprint density at radius 1 is 1.28 bits per heavy atom. The highest BCUT2D eigenvalue weighted by Crippen LogP contribution is 2.21. The van der Waals surface area contributed by atoms with Gasteiger partial charge < -0.3 is 15.1 Å². The molecule has 0 saturated carbocycles. The number of carbonyl (C=O) groups excluding carboxylic acids is 1. The van der Waals surface area contributed by atoms with Crippen molar-refractivity contribution in [2.24, 2.45) is 5.41 Å². The van der Waals surface area contributed by atoms with Gasteiger partial charge >= 0.3 is 0 Å². The molecule has 1 rings (SSSR count). The number of aromatic hydroxyl groups is 1. The molecule has 1 amide bonds. The SMILES string of the molecule is CN(CC(O)c1ccc(O)cc1)C(=O)C(C)(C)C. The maximum Gasteiger partial charge on any atom is 0.227 e. The molecule has 4 heteroatoms. The van der Waals surface area contributed by atoms with Gasteiger partial charge in [-0.1, -0.05) is 32.9 Å². The van der Waals surface area contributed by atoms with Crippen LogP contribution in [0.25, 0.3) is 0 Å². The van der Waals surface area contributed by atoms with Crippen molar-refractivity contribution < 1.29 is 15.0 Å². The summed E-state index contributed by atoms with van der Waals surface area (Å²) in [4.78, 5) is 13.5. The van der Waals surface area contributed by atoms with Gasteiger partial charge in [0, 0.05) is 12.5 Å². The Hall–Kier alpha value is -1.55. The van der Waals surface area contributed by atoms with Crippen molar-refractivity contribution in [2.75, 3.05) is 13.6 Å². The van der Waals surface area contributed by atoms with Crippen molar-refractivity contribution in [3.05, 3.63) is 29.8 Å². The molecule has 100 valence electrons. The number of amides is 1. The van der Waals surface area contributed by atoms with Crippen LogP contribution in [-0.4, -0.2) is 34.6 Å². The van der Waals surface area contributed by atoms with E-state index in [1.165, 1.54) is 17.0 Å². The Balaban J connectivity index is 2.68. The number of phenolic OH excluding ortho intramolecular Hbond substituents is 1. The first kappa shape index (κ1) is 14.5. The van der Waals surface area contributed by atoms with Gasteiger partial charge in [-0.15, -0.1) is 0 Å². The Labute approximate surface area is 108 Å². The van der Waals surface area contributed by atoms with Gasteiger partial charge in [0.05, 0.1) is 12.6 Å². The second-order valence-electron chi connectivity index (χ2n) is 5.54. The number of likely N-dealkylation sites (N-methyl/N-ethyl adjacent to an activating group) is 1. The standard InChI is InChI=1S/C14H21NO3/c1-14(2,3)13(18)15(4)9-12(17)10-5-7-11(16)8-6-10/h5-8,12,16-17H,9H2,1-4H3. The minimum Gasteiger partial charge on any atom is -0.508 e. The van der Waals surface area contributed by atoms with Crippen molar-refractivity contribution in [3.8, 4) is 5.75 Å². The minimum absolute atomic E-state index is 0.0136. The molecule has 1 aromatic carbocycles. The average Bonchev–Trinajstić information content (AvgIpc) is 2.27. The van der Waals surface area contributed by atoms with Crippen LogP contribution in [0.4, 0.5) is 0 Å². The minimum atomic E-state index is -0.748. The van der Waals surface area contributed by atoms with E-state index in [4.69, 9.17) is 5.11 Å². The second-order valence-corrected chi connectivity index (χ2v) is 5.54. The van der Waals surface area contributed by atoms with Gasteiger partial charge in [-0.05, 0) is 17.7 Å². The van der Waals surface area contributed by atoms with E-state index in [0.29, 0.717) is 5.56 Å². The second kappa shape index (κ2) is 5.40. The van der Waals surface area contributed by atoms with Crippen molar-refractivity contribution in [1.29, 1.82) is 0 Å². The lowest BCUT2D eigenvalue weighted by atomic mass is 9.94. The first-order valence-electron chi connectivity index (χ1n) is 5.94. The first-order valence-corrected chi connectivity index (χ1v) is 5.94. The van der Waals surface area contributed by atoms with Crippen molar-refractivity contribution in [3.63, 3.8) is 0 Å². The third-order valence-corrected chi connectivity index (χ3v) is 2.71. The van der Waals surface area contributed by atoms with Crippen LogP contribution in [0, 0.1) is 5.41 Å². The van der Waals surface area contributed by atoms with Crippen LogP contribution in [0.5, 0.6) is 5.75 Å². The highest BCUT2D eigenvalue weighted by Gasteiger charge is 2.26. The number of benzene rings is 1. The fraction of sp³-hybridized carbons (Fsp3) is 0.500. The quantitative estimate of drug-likeness (QED) is 0.863. The molecule has 0 aromatic heterocycles. The van der Waals surface area contributed by atoms with Crippen LogP contribution in [0.1, 0.15) is 32.4 Å². The van der Waals surface area contributed by atoms with Gasteiger partial charge in [0.2, 0.25) is 5.91 Å². The van der Waals surface area contributed by atoms with E-state index in [0.717, 1.165) is 0 Å². The number of carbonyl (C=O) groups is 1. The molecule has 1 aromatic rings. The van der Waals surface area contributed by atoms with Crippen LogP contribution in [0.15, 0.2) is 24.3 Å². The molecule has 2 N–H and O–H groups in total. The molecule has 0 aliphatic carbocycles. The van der Waals surface area contributed by atoms with E-state index in [9.17, 15) is 9.90 Å². The number of rotatable bonds is 3. The van der Waals surface area contributed by atoms with Crippen molar-refractivity contribution in [1.82, 2.24) is 4.90 Å². The maximum absolute atomic E-state index is 12.0. The summed E-state index contributed by atoms with van der Waals surface area (Å²) in [5.41, 5.74) is 0.227. The van der Waals surface area contributed by atoms with E-state index in [2.05, 4.69) is 0 Å². The molecular formula is C14H21NO3. The summed E-state index contributed by atoms with van der Waals surface area (Å²) in [6.07, 6.45) is -0.748. The fourth-order valence-corrected chi connectivity index (χ4v) is 1.72. The highest BCUT2D eigenvalue weighted by atomic mass is 16.3. The molecule has 0 aliphatic heterocycles. The summed E-state index contributed by atoms with van der Waals surface area (Å²) in [5, 5.41) is 19.2. The molecule has 4 nitrogen and oxygen atoms in total. The molecule has 0 bridgehead atoms. The normalized spacial score (nSPS) is 13.2. The largest absolute Gasteiger partial charge is 0.508 e. The predicted octanol–water partition coefficient (Wildman–Crippen LogP) is 1.93. The number of nitrogens with zero attached hydrogens (tertiary/aromatic N) is 1. The number of phenols is 1. The monoisotopic (exact) mass is 251 g/mol. The predicted molar refractivity (Wildman–Crippen MR) is 70.2 cm³/mol. The summed E-state index contributed by atoms with van der Waals surface area (Å²) < 4.78 is 0. The molecule has 1 atom stereocenters. The zero-order chi connectivity index (χ0) is 13.9. The van der Waals surface area contributed by atoms with Crippen LogP contribution < -0.4 is 0 Å². The summed E-state index contributed by atoms with van der Waals surface area (Å²) in [5.74, 6) is 0.144. The van der Waals surface area contributed by atoms with Gasteiger partial charge in [0.25, 0.3) is 0 Å². The van der Waals surface area contributed by atoms with Gasteiger partial charge in [-0.3, -0.25) is 4.79 Å². The molecule has 1 unspecified atom stereocenters. The lowest BCUT2D eigenvalue weighted by Gasteiger charge is -2.27. The van der Waals surface area contributed by atoms with Crippen molar-refractivity contribution in [2.45, 2.75) is 26.9 Å². The number of aliphatic hydroxyl groups is 1. The number of hydrogen-bond acceptors (Lipinski definition) is 3. The Bertz CT molecular complexity index is 406. The average molecular weight is 251 g/mol. The Morgan fingerprint density at radius 3 is 2.22 bits per heavy atom. The van der Waals surface area contributed by atoms with Gasteiger partial charge in [-0.2, -0.15) is 0 Å². The molecule has 0 fully saturated rings. The van der Waals surface area contributed by atoms with Gasteiger partial charge in [0.1, 0.15) is 5.75 Å². The third-order valence-electron chi connectivity index (χ3n) is 2.71. The fourth-order valence-electron chi connectivity index (χ4n) is 1.72. The third kappa shape index (κ3) is 3.74. The molecular weight excluding hydrogens is 230 g/mol. The van der Waals surface area contributed by atoms with Crippen molar-refractivity contribution >= 4 is 5.91 Å². The summed E-state index contributed by atoms with van der Waals surface area (Å²) >= 11 is 0. The molecule has 0 radical (unpaired) electrons. The van der Waals surface area contributed by atoms with Crippen LogP contribution in [0.2, 0.25) is 0 Å². The van der Waals surface area contributed by atoms with E-state index in [1.807, 2.05) is 20.8 Å². The lowest BCUT2D eigenvalue weighted by Crippen LogP contribution is -2.38. The molecule has 0 saturated heterocycles. The highest BCUT2D eigenvalue weighted by molar-refractivity contribution is 5.81. The number of hydrogen-bond donors (Lipinski definition) is 2. The van der Waals surface area contributed by atoms with E-state index < -0.39 is 11.5 Å². The van der Waals surface area contributed by atoms with Crippen LogP contribution >= 0.6 is 0 Å². The first-order chi connectivity index (χ1) is 8.21. The lowest BCUT2D eigenvalue weighted by molar-refractivity contribution is -0.139.